The highest BCUT2D eigenvalue weighted by molar-refractivity contribution is 7.80. The SMILES string of the molecule is COc1ccc(Cc2ccnc(S)n2)c(OC)c1.O=C(O)O. The Kier molecular flexibility index (Phi) is 6.97. The molecule has 7 nitrogen and oxygen atoms in total. The Morgan fingerprint density at radius 3 is 2.45 bits per heavy atom. The zero-order valence-electron chi connectivity index (χ0n) is 12.1. The Hall–Kier alpha value is -2.48. The lowest BCUT2D eigenvalue weighted by molar-refractivity contribution is 0.137. The van der Waals surface area contributed by atoms with Crippen LogP contribution in [0, 0.1) is 0 Å². The minimum atomic E-state index is -1.83. The molecule has 0 atom stereocenters. The summed E-state index contributed by atoms with van der Waals surface area (Å²) in [5, 5.41) is 14.4. The molecule has 1 aromatic carbocycles. The normalized spacial score (nSPS) is 9.41. The summed E-state index contributed by atoms with van der Waals surface area (Å²) in [5.41, 5.74) is 1.95. The minimum absolute atomic E-state index is 0.472. The number of ether oxygens (including phenoxy) is 2. The summed E-state index contributed by atoms with van der Waals surface area (Å²) in [4.78, 5) is 16.8. The average molecular weight is 324 g/mol. The molecule has 8 heteroatoms. The Morgan fingerprint density at radius 1 is 1.23 bits per heavy atom. The first-order chi connectivity index (χ1) is 10.5. The van der Waals surface area contributed by atoms with Gasteiger partial charge in [0.25, 0.3) is 0 Å². The van der Waals surface area contributed by atoms with Crippen molar-refractivity contribution >= 4 is 18.8 Å². The van der Waals surface area contributed by atoms with E-state index in [9.17, 15) is 0 Å². The molecule has 2 aromatic rings. The van der Waals surface area contributed by atoms with E-state index in [4.69, 9.17) is 24.5 Å². The summed E-state index contributed by atoms with van der Waals surface area (Å²) in [7, 11) is 3.27. The first kappa shape index (κ1) is 17.6. The van der Waals surface area contributed by atoms with E-state index in [-0.39, 0.29) is 0 Å². The van der Waals surface area contributed by atoms with Gasteiger partial charge in [-0.1, -0.05) is 6.07 Å². The number of nitrogens with zero attached hydrogens (tertiary/aromatic N) is 2. The summed E-state index contributed by atoms with van der Waals surface area (Å²) in [6.45, 7) is 0. The molecular weight excluding hydrogens is 308 g/mol. The summed E-state index contributed by atoms with van der Waals surface area (Å²) in [6, 6.07) is 7.60. The standard InChI is InChI=1S/C13H14N2O2S.CH2O3/c1-16-11-4-3-9(12(8-11)17-2)7-10-5-6-14-13(18)15-10;2-1(3)4/h3-6,8H,7H2,1-2H3,(H,14,15,18);(H2,2,3,4). The minimum Gasteiger partial charge on any atom is -0.497 e. The fraction of sp³-hybridized carbons (Fsp3) is 0.214. The van der Waals surface area contributed by atoms with Crippen molar-refractivity contribution in [2.24, 2.45) is 0 Å². The first-order valence-corrected chi connectivity index (χ1v) is 6.54. The zero-order valence-corrected chi connectivity index (χ0v) is 12.9. The topological polar surface area (TPSA) is 102 Å². The quantitative estimate of drug-likeness (QED) is 0.587. The predicted octanol–water partition coefficient (Wildman–Crippen LogP) is 2.60. The highest BCUT2D eigenvalue weighted by Crippen LogP contribution is 2.26. The Balaban J connectivity index is 0.000000541. The van der Waals surface area contributed by atoms with E-state index in [2.05, 4.69) is 22.6 Å². The van der Waals surface area contributed by atoms with Crippen molar-refractivity contribution in [1.29, 1.82) is 0 Å². The molecule has 0 fully saturated rings. The third kappa shape index (κ3) is 5.88. The molecule has 0 saturated carbocycles. The van der Waals surface area contributed by atoms with E-state index in [1.165, 1.54) is 0 Å². The Labute approximate surface area is 133 Å². The van der Waals surface area contributed by atoms with E-state index in [0.29, 0.717) is 11.6 Å². The number of benzene rings is 1. The molecule has 2 N–H and O–H groups in total. The molecule has 0 bridgehead atoms. The molecular formula is C14H16N2O5S. The molecule has 0 unspecified atom stereocenters. The van der Waals surface area contributed by atoms with E-state index in [1.807, 2.05) is 24.3 Å². The van der Waals surface area contributed by atoms with E-state index < -0.39 is 6.16 Å². The van der Waals surface area contributed by atoms with Gasteiger partial charge in [-0.15, -0.1) is 12.6 Å². The van der Waals surface area contributed by atoms with Crippen LogP contribution in [-0.4, -0.2) is 40.6 Å². The number of thiol groups is 1. The molecule has 1 aromatic heterocycles. The van der Waals surface area contributed by atoms with Gasteiger partial charge in [-0.2, -0.15) is 0 Å². The third-order valence-electron chi connectivity index (χ3n) is 2.57. The van der Waals surface area contributed by atoms with Crippen LogP contribution in [-0.2, 0) is 6.42 Å². The number of aromatic nitrogens is 2. The van der Waals surface area contributed by atoms with Crippen molar-refractivity contribution in [2.75, 3.05) is 14.2 Å². The third-order valence-corrected chi connectivity index (χ3v) is 2.78. The van der Waals surface area contributed by atoms with Crippen molar-refractivity contribution in [3.63, 3.8) is 0 Å². The molecule has 118 valence electrons. The van der Waals surface area contributed by atoms with E-state index in [1.54, 1.807) is 20.4 Å². The second-order valence-corrected chi connectivity index (χ2v) is 4.39. The molecule has 0 amide bonds. The van der Waals surface area contributed by atoms with Crippen LogP contribution in [0.25, 0.3) is 0 Å². The lowest BCUT2D eigenvalue weighted by atomic mass is 10.1. The highest BCUT2D eigenvalue weighted by atomic mass is 32.1. The van der Waals surface area contributed by atoms with Gasteiger partial charge in [0.2, 0.25) is 0 Å². The number of carboxylic acid groups (broad SMARTS) is 2. The van der Waals surface area contributed by atoms with Crippen LogP contribution < -0.4 is 9.47 Å². The summed E-state index contributed by atoms with van der Waals surface area (Å²) in [6.07, 6.45) is 0.532. The second-order valence-electron chi connectivity index (χ2n) is 3.99. The molecule has 0 saturated heterocycles. The molecule has 22 heavy (non-hydrogen) atoms. The molecule has 1 heterocycles. The smallest absolute Gasteiger partial charge is 0.497 e. The van der Waals surface area contributed by atoms with Crippen molar-refractivity contribution in [1.82, 2.24) is 9.97 Å². The average Bonchev–Trinajstić information content (AvgIpc) is 2.47. The Morgan fingerprint density at radius 2 is 1.91 bits per heavy atom. The summed E-state index contributed by atoms with van der Waals surface area (Å²) >= 11 is 4.13. The largest absolute Gasteiger partial charge is 0.503 e. The van der Waals surface area contributed by atoms with Gasteiger partial charge in [0, 0.05) is 29.9 Å². The Bertz CT molecular complexity index is 632. The van der Waals surface area contributed by atoms with Gasteiger partial charge in [-0.25, -0.2) is 14.8 Å². The zero-order chi connectivity index (χ0) is 16.5. The number of hydrogen-bond donors (Lipinski definition) is 3. The van der Waals surface area contributed by atoms with Gasteiger partial charge in [-0.05, 0) is 12.1 Å². The summed E-state index contributed by atoms with van der Waals surface area (Å²) < 4.78 is 10.5. The monoisotopic (exact) mass is 324 g/mol. The van der Waals surface area contributed by atoms with Crippen LogP contribution in [0.4, 0.5) is 4.79 Å². The van der Waals surface area contributed by atoms with E-state index >= 15 is 0 Å². The summed E-state index contributed by atoms with van der Waals surface area (Å²) in [5.74, 6) is 1.56. The van der Waals surface area contributed by atoms with Crippen molar-refractivity contribution in [2.45, 2.75) is 11.6 Å². The predicted molar refractivity (Wildman–Crippen MR) is 82.3 cm³/mol. The van der Waals surface area contributed by atoms with Gasteiger partial charge in [-0.3, -0.25) is 0 Å². The number of hydrogen-bond acceptors (Lipinski definition) is 6. The van der Waals surface area contributed by atoms with Crippen LogP contribution in [0.5, 0.6) is 11.5 Å². The lowest BCUT2D eigenvalue weighted by Gasteiger charge is -2.10. The van der Waals surface area contributed by atoms with Gasteiger partial charge < -0.3 is 19.7 Å². The maximum Gasteiger partial charge on any atom is 0.503 e. The van der Waals surface area contributed by atoms with Crippen LogP contribution >= 0.6 is 12.6 Å². The van der Waals surface area contributed by atoms with Crippen molar-refractivity contribution in [3.05, 3.63) is 41.7 Å². The molecule has 2 rings (SSSR count). The maximum atomic E-state index is 8.56. The molecule has 0 aliphatic carbocycles. The van der Waals surface area contributed by atoms with Gasteiger partial charge in [0.1, 0.15) is 11.5 Å². The molecule has 0 spiro atoms. The second kappa shape index (κ2) is 8.73. The lowest BCUT2D eigenvalue weighted by Crippen LogP contribution is -1.98. The van der Waals surface area contributed by atoms with Crippen molar-refractivity contribution in [3.8, 4) is 11.5 Å². The molecule has 0 aliphatic heterocycles. The number of methoxy groups -OCH3 is 2. The van der Waals surface area contributed by atoms with Gasteiger partial charge in [0.15, 0.2) is 5.16 Å². The van der Waals surface area contributed by atoms with Gasteiger partial charge >= 0.3 is 6.16 Å². The number of carbonyl (C=O) groups is 1. The van der Waals surface area contributed by atoms with Crippen LogP contribution in [0.3, 0.4) is 0 Å². The van der Waals surface area contributed by atoms with Gasteiger partial charge in [0.05, 0.1) is 14.2 Å². The van der Waals surface area contributed by atoms with Crippen LogP contribution in [0.2, 0.25) is 0 Å². The van der Waals surface area contributed by atoms with Crippen molar-refractivity contribution < 1.29 is 24.5 Å². The first-order valence-electron chi connectivity index (χ1n) is 6.10. The maximum absolute atomic E-state index is 8.56. The molecule has 0 radical (unpaired) electrons. The fourth-order valence-electron chi connectivity index (χ4n) is 1.68. The fourth-order valence-corrected chi connectivity index (χ4v) is 1.87. The van der Waals surface area contributed by atoms with E-state index in [0.717, 1.165) is 22.8 Å². The molecule has 0 aliphatic rings. The van der Waals surface area contributed by atoms with Crippen LogP contribution in [0.1, 0.15) is 11.3 Å². The highest BCUT2D eigenvalue weighted by Gasteiger charge is 2.07. The number of rotatable bonds is 4. The van der Waals surface area contributed by atoms with Crippen LogP contribution in [0.15, 0.2) is 35.6 Å².